The number of aliphatic hydroxyl groups excluding tert-OH is 5. The van der Waals surface area contributed by atoms with Gasteiger partial charge < -0.3 is 40.3 Å². The summed E-state index contributed by atoms with van der Waals surface area (Å²) in [6, 6.07) is -0.743. The van der Waals surface area contributed by atoms with Gasteiger partial charge in [-0.05, 0) is 103 Å². The summed E-state index contributed by atoms with van der Waals surface area (Å²) in [4.78, 5) is 13.1. The molecule has 0 spiro atoms. The first kappa shape index (κ1) is 71.1. The number of ether oxygens (including phenoxy) is 2. The number of unbranched alkanes of at least 4 members (excludes halogenated alkanes) is 16. The molecule has 0 saturated carbocycles. The molecule has 6 N–H and O–H groups in total. The number of hydrogen-bond acceptors (Lipinski definition) is 8. The Kier molecular flexibility index (Phi) is 51.1. The lowest BCUT2D eigenvalue weighted by Gasteiger charge is -2.40. The van der Waals surface area contributed by atoms with Crippen molar-refractivity contribution in [2.24, 2.45) is 0 Å². The third-order valence-corrected chi connectivity index (χ3v) is 13.5. The van der Waals surface area contributed by atoms with Crippen molar-refractivity contribution in [2.75, 3.05) is 13.2 Å². The molecule has 1 aliphatic rings. The number of carbonyl (C=O) groups is 1. The second-order valence-electron chi connectivity index (χ2n) is 20.4. The second-order valence-corrected chi connectivity index (χ2v) is 20.4. The number of allylic oxidation sites excluding steroid dienone is 24. The Hall–Kier alpha value is -3.93. The van der Waals surface area contributed by atoms with Crippen LogP contribution >= 0.6 is 0 Å². The van der Waals surface area contributed by atoms with Crippen LogP contribution in [0.4, 0.5) is 0 Å². The molecule has 0 aromatic carbocycles. The summed E-state index contributed by atoms with van der Waals surface area (Å²) >= 11 is 0. The summed E-state index contributed by atoms with van der Waals surface area (Å²) in [6.07, 6.45) is 78.8. The fourth-order valence-corrected chi connectivity index (χ4v) is 8.67. The molecule has 7 atom stereocenters. The van der Waals surface area contributed by atoms with Crippen LogP contribution in [0.2, 0.25) is 0 Å². The van der Waals surface area contributed by atoms with Crippen molar-refractivity contribution in [1.29, 1.82) is 0 Å². The normalized spacial score (nSPS) is 19.8. The van der Waals surface area contributed by atoms with Crippen LogP contribution < -0.4 is 5.32 Å². The summed E-state index contributed by atoms with van der Waals surface area (Å²) in [7, 11) is 0. The van der Waals surface area contributed by atoms with Crippen LogP contribution in [-0.2, 0) is 14.3 Å². The van der Waals surface area contributed by atoms with Crippen molar-refractivity contribution in [2.45, 2.75) is 262 Å². The van der Waals surface area contributed by atoms with E-state index in [1.165, 1.54) is 64.2 Å². The fraction of sp³-hybridized carbons (Fsp3) is 0.632. The van der Waals surface area contributed by atoms with Gasteiger partial charge in [0.1, 0.15) is 24.4 Å². The third-order valence-electron chi connectivity index (χ3n) is 13.5. The van der Waals surface area contributed by atoms with Crippen molar-refractivity contribution in [3.8, 4) is 0 Å². The SMILES string of the molecule is CC/C=C\C/C=C\C/C=C\C/C=C\C/C=C\C/C=C\C/C=C\C/C=C\C/C=C\C/C=C\C/C=C\C/C=C\CCCCCCC(=O)NC(COC1OC(CO)C(O)C(O)C1O)C(O)CCCCCCCCCCCCCCC. The zero-order chi connectivity index (χ0) is 55.8. The van der Waals surface area contributed by atoms with Gasteiger partial charge in [0.2, 0.25) is 5.91 Å². The van der Waals surface area contributed by atoms with E-state index in [0.717, 1.165) is 128 Å². The van der Waals surface area contributed by atoms with Crippen LogP contribution in [0.5, 0.6) is 0 Å². The van der Waals surface area contributed by atoms with Crippen molar-refractivity contribution in [3.05, 3.63) is 146 Å². The monoisotopic (exact) mass is 1070 g/mol. The number of hydrogen-bond donors (Lipinski definition) is 6. The molecule has 1 fully saturated rings. The summed E-state index contributed by atoms with van der Waals surface area (Å²) in [5, 5.41) is 54.6. The van der Waals surface area contributed by atoms with Crippen LogP contribution in [0.15, 0.2) is 146 Å². The smallest absolute Gasteiger partial charge is 0.220 e. The molecule has 0 aromatic rings. The largest absolute Gasteiger partial charge is 0.394 e. The number of nitrogens with one attached hydrogen (secondary N) is 1. The second kappa shape index (κ2) is 55.4. The number of aliphatic hydroxyl groups is 5. The van der Waals surface area contributed by atoms with Crippen LogP contribution in [0.3, 0.4) is 0 Å². The molecule has 1 saturated heterocycles. The highest BCUT2D eigenvalue weighted by Gasteiger charge is 2.44. The molecule has 1 aliphatic heterocycles. The lowest BCUT2D eigenvalue weighted by atomic mass is 9.99. The molecule has 436 valence electrons. The zero-order valence-electron chi connectivity index (χ0n) is 48.4. The molecule has 0 aromatic heterocycles. The Balaban J connectivity index is 2.17. The molecule has 0 aliphatic carbocycles. The van der Waals surface area contributed by atoms with Crippen LogP contribution in [0.1, 0.15) is 219 Å². The average Bonchev–Trinajstić information content (AvgIpc) is 3.43. The van der Waals surface area contributed by atoms with E-state index in [0.29, 0.717) is 12.8 Å². The Labute approximate surface area is 470 Å². The number of amides is 1. The molecule has 7 unspecified atom stereocenters. The molecule has 0 radical (unpaired) electrons. The Bertz CT molecular complexity index is 1720. The lowest BCUT2D eigenvalue weighted by Crippen LogP contribution is -2.60. The van der Waals surface area contributed by atoms with Gasteiger partial charge in [0.15, 0.2) is 6.29 Å². The molecule has 9 nitrogen and oxygen atoms in total. The standard InChI is InChI=1S/C68H111NO8/c1-3-5-7-9-11-13-15-17-18-19-20-21-22-23-24-25-26-27-28-29-30-31-32-33-34-35-36-37-38-39-40-41-42-43-44-46-48-50-52-54-56-58-64(72)69-61(60-76-68-67(75)66(74)65(73)63(59-70)77-68)62(71)57-55-53-51-49-47-45-16-14-12-10-8-6-4-2/h5,7,11,13,17-18,20-21,23-24,26-27,29-30,32-33,35-36,38-39,41-42,44,46,61-63,65-68,70-71,73-75H,3-4,6,8-10,12,14-16,19,22,25,28,31,34,37,40,43,45,47-60H2,1-2H3,(H,69,72)/b7-5-,13-11-,18-17-,21-20-,24-23-,27-26-,30-29-,33-32-,36-35-,39-38-,42-41-,46-44-. The molecule has 0 bridgehead atoms. The predicted molar refractivity (Wildman–Crippen MR) is 326 cm³/mol. The summed E-state index contributed by atoms with van der Waals surface area (Å²) in [5.41, 5.74) is 0. The van der Waals surface area contributed by atoms with Crippen molar-refractivity contribution in [1.82, 2.24) is 5.32 Å². The molecule has 9 heteroatoms. The molecule has 77 heavy (non-hydrogen) atoms. The maximum absolute atomic E-state index is 13.1. The van der Waals surface area contributed by atoms with Crippen LogP contribution in [0, 0.1) is 0 Å². The van der Waals surface area contributed by atoms with Gasteiger partial charge >= 0.3 is 0 Å². The first-order valence-corrected chi connectivity index (χ1v) is 30.5. The molecule has 1 rings (SSSR count). The molecule has 1 amide bonds. The van der Waals surface area contributed by atoms with E-state index in [4.69, 9.17) is 9.47 Å². The van der Waals surface area contributed by atoms with Crippen LogP contribution in [0.25, 0.3) is 0 Å². The summed E-state index contributed by atoms with van der Waals surface area (Å²) in [5.74, 6) is -0.175. The maximum Gasteiger partial charge on any atom is 0.220 e. The van der Waals surface area contributed by atoms with E-state index in [2.05, 4.69) is 165 Å². The van der Waals surface area contributed by atoms with Gasteiger partial charge in [0.05, 0.1) is 25.4 Å². The third kappa shape index (κ3) is 44.6. The van der Waals surface area contributed by atoms with E-state index in [1.54, 1.807) is 0 Å². The minimum atomic E-state index is -1.57. The van der Waals surface area contributed by atoms with Gasteiger partial charge in [-0.3, -0.25) is 4.79 Å². The predicted octanol–water partition coefficient (Wildman–Crippen LogP) is 15.8. The van der Waals surface area contributed by atoms with Gasteiger partial charge in [-0.1, -0.05) is 256 Å². The average molecular weight is 1070 g/mol. The zero-order valence-corrected chi connectivity index (χ0v) is 48.4. The van der Waals surface area contributed by atoms with Gasteiger partial charge in [-0.15, -0.1) is 0 Å². The van der Waals surface area contributed by atoms with Gasteiger partial charge in [-0.2, -0.15) is 0 Å². The highest BCUT2D eigenvalue weighted by Crippen LogP contribution is 2.23. The maximum atomic E-state index is 13.1. The van der Waals surface area contributed by atoms with E-state index in [-0.39, 0.29) is 12.5 Å². The summed E-state index contributed by atoms with van der Waals surface area (Å²) < 4.78 is 11.3. The minimum absolute atomic E-state index is 0.157. The van der Waals surface area contributed by atoms with Gasteiger partial charge in [-0.25, -0.2) is 0 Å². The topological polar surface area (TPSA) is 149 Å². The van der Waals surface area contributed by atoms with Crippen molar-refractivity contribution in [3.63, 3.8) is 0 Å². The minimum Gasteiger partial charge on any atom is -0.394 e. The van der Waals surface area contributed by atoms with Gasteiger partial charge in [0.25, 0.3) is 0 Å². The molecular weight excluding hydrogens is 959 g/mol. The van der Waals surface area contributed by atoms with E-state index >= 15 is 0 Å². The Morgan fingerprint density at radius 2 is 0.805 bits per heavy atom. The van der Waals surface area contributed by atoms with E-state index in [9.17, 15) is 30.3 Å². The Morgan fingerprint density at radius 1 is 0.455 bits per heavy atom. The molecule has 1 heterocycles. The van der Waals surface area contributed by atoms with Crippen molar-refractivity contribution < 1.29 is 39.8 Å². The number of rotatable bonds is 50. The van der Waals surface area contributed by atoms with E-state index in [1.807, 2.05) is 0 Å². The van der Waals surface area contributed by atoms with Crippen LogP contribution in [-0.4, -0.2) is 87.5 Å². The Morgan fingerprint density at radius 3 is 1.19 bits per heavy atom. The highest BCUT2D eigenvalue weighted by atomic mass is 16.7. The lowest BCUT2D eigenvalue weighted by molar-refractivity contribution is -0.302. The van der Waals surface area contributed by atoms with E-state index < -0.39 is 49.5 Å². The molecular formula is C68H111NO8. The van der Waals surface area contributed by atoms with Crippen molar-refractivity contribution >= 4 is 5.91 Å². The fourth-order valence-electron chi connectivity index (χ4n) is 8.67. The first-order valence-electron chi connectivity index (χ1n) is 30.5. The van der Waals surface area contributed by atoms with Gasteiger partial charge in [0, 0.05) is 6.42 Å². The quantitative estimate of drug-likeness (QED) is 0.0261. The summed E-state index contributed by atoms with van der Waals surface area (Å²) in [6.45, 7) is 3.69. The number of carbonyl (C=O) groups excluding carboxylic acids is 1. The highest BCUT2D eigenvalue weighted by molar-refractivity contribution is 5.76. The first-order chi connectivity index (χ1) is 37.8.